The van der Waals surface area contributed by atoms with Crippen molar-refractivity contribution in [3.63, 3.8) is 0 Å². The molecule has 0 amide bonds. The molecule has 90 valence electrons. The molecule has 1 atom stereocenters. The third-order valence-electron chi connectivity index (χ3n) is 2.69. The summed E-state index contributed by atoms with van der Waals surface area (Å²) in [5.74, 6) is 0.282. The van der Waals surface area contributed by atoms with Crippen molar-refractivity contribution in [1.82, 2.24) is 0 Å². The second kappa shape index (κ2) is 4.83. The maximum absolute atomic E-state index is 13.2. The second-order valence-corrected chi connectivity index (χ2v) is 5.19. The van der Waals surface area contributed by atoms with Gasteiger partial charge in [-0.25, -0.2) is 4.39 Å². The van der Waals surface area contributed by atoms with Crippen LogP contribution < -0.4 is 10.5 Å². The van der Waals surface area contributed by atoms with Crippen LogP contribution in [0.5, 0.6) is 5.75 Å². The molecule has 0 saturated carbocycles. The molecule has 1 aromatic carbocycles. The zero-order valence-corrected chi connectivity index (χ0v) is 10.4. The molecule has 0 bridgehead atoms. The molecule has 0 saturated heterocycles. The fourth-order valence-corrected chi connectivity index (χ4v) is 1.10. The van der Waals surface area contributed by atoms with Crippen LogP contribution in [-0.4, -0.2) is 12.6 Å². The van der Waals surface area contributed by atoms with Gasteiger partial charge in [-0.05, 0) is 24.0 Å². The molecule has 1 unspecified atom stereocenters. The van der Waals surface area contributed by atoms with Crippen molar-refractivity contribution in [3.8, 4) is 5.75 Å². The predicted molar refractivity (Wildman–Crippen MR) is 64.1 cm³/mol. The standard InChI is InChI=1S/C13H20FNO/c1-9-5-6-10(7-11(9)14)16-8-12(15)13(2,3)4/h5-7,12H,8,15H2,1-4H3. The Bertz CT molecular complexity index is 357. The average Bonchev–Trinajstić information content (AvgIpc) is 2.18. The summed E-state index contributed by atoms with van der Waals surface area (Å²) in [6.07, 6.45) is 0. The van der Waals surface area contributed by atoms with Gasteiger partial charge in [0.25, 0.3) is 0 Å². The van der Waals surface area contributed by atoms with Gasteiger partial charge >= 0.3 is 0 Å². The predicted octanol–water partition coefficient (Wildman–Crippen LogP) is 2.89. The van der Waals surface area contributed by atoms with Crippen LogP contribution in [0.4, 0.5) is 4.39 Å². The van der Waals surface area contributed by atoms with E-state index in [0.717, 1.165) is 0 Å². The minimum atomic E-state index is -0.248. The molecule has 0 aliphatic heterocycles. The lowest BCUT2D eigenvalue weighted by atomic mass is 9.88. The highest BCUT2D eigenvalue weighted by Gasteiger charge is 2.21. The van der Waals surface area contributed by atoms with E-state index in [1.54, 1.807) is 19.1 Å². The molecule has 0 aliphatic rings. The molecule has 0 aromatic heterocycles. The maximum atomic E-state index is 13.2. The van der Waals surface area contributed by atoms with Crippen molar-refractivity contribution in [3.05, 3.63) is 29.6 Å². The van der Waals surface area contributed by atoms with Crippen LogP contribution in [-0.2, 0) is 0 Å². The summed E-state index contributed by atoms with van der Waals surface area (Å²) in [5, 5.41) is 0. The van der Waals surface area contributed by atoms with Gasteiger partial charge in [-0.3, -0.25) is 0 Å². The number of hydrogen-bond donors (Lipinski definition) is 1. The Morgan fingerprint density at radius 1 is 1.38 bits per heavy atom. The molecule has 16 heavy (non-hydrogen) atoms. The first kappa shape index (κ1) is 13.0. The molecule has 1 rings (SSSR count). The van der Waals surface area contributed by atoms with Crippen LogP contribution in [0.1, 0.15) is 26.3 Å². The number of hydrogen-bond acceptors (Lipinski definition) is 2. The first-order valence-corrected chi connectivity index (χ1v) is 5.45. The van der Waals surface area contributed by atoms with Gasteiger partial charge in [0.2, 0.25) is 0 Å². The monoisotopic (exact) mass is 225 g/mol. The summed E-state index contributed by atoms with van der Waals surface area (Å²) in [4.78, 5) is 0. The van der Waals surface area contributed by atoms with E-state index >= 15 is 0 Å². The van der Waals surface area contributed by atoms with E-state index in [1.807, 2.05) is 0 Å². The Kier molecular flexibility index (Phi) is 3.92. The summed E-state index contributed by atoms with van der Waals surface area (Å²) in [5.41, 5.74) is 6.56. The molecule has 0 heterocycles. The largest absolute Gasteiger partial charge is 0.492 e. The van der Waals surface area contributed by atoms with Gasteiger partial charge in [0.05, 0.1) is 0 Å². The van der Waals surface area contributed by atoms with Gasteiger partial charge in [-0.1, -0.05) is 26.8 Å². The van der Waals surface area contributed by atoms with Crippen LogP contribution >= 0.6 is 0 Å². The molecular weight excluding hydrogens is 205 g/mol. The topological polar surface area (TPSA) is 35.2 Å². The van der Waals surface area contributed by atoms with Crippen molar-refractivity contribution in [2.75, 3.05) is 6.61 Å². The highest BCUT2D eigenvalue weighted by Crippen LogP contribution is 2.20. The lowest BCUT2D eigenvalue weighted by Crippen LogP contribution is -2.40. The van der Waals surface area contributed by atoms with Crippen molar-refractivity contribution < 1.29 is 9.13 Å². The first-order valence-electron chi connectivity index (χ1n) is 5.45. The average molecular weight is 225 g/mol. The highest BCUT2D eigenvalue weighted by atomic mass is 19.1. The van der Waals surface area contributed by atoms with Gasteiger partial charge in [0.15, 0.2) is 0 Å². The van der Waals surface area contributed by atoms with Gasteiger partial charge in [-0.2, -0.15) is 0 Å². The van der Waals surface area contributed by atoms with E-state index in [2.05, 4.69) is 20.8 Å². The SMILES string of the molecule is Cc1ccc(OCC(N)C(C)(C)C)cc1F. The third-order valence-corrected chi connectivity index (χ3v) is 2.69. The normalized spacial score (nSPS) is 13.6. The minimum absolute atomic E-state index is 0.0107. The molecule has 0 spiro atoms. The van der Waals surface area contributed by atoms with E-state index in [0.29, 0.717) is 17.9 Å². The van der Waals surface area contributed by atoms with Crippen molar-refractivity contribution in [1.29, 1.82) is 0 Å². The number of aryl methyl sites for hydroxylation is 1. The molecule has 1 aromatic rings. The minimum Gasteiger partial charge on any atom is -0.492 e. The molecule has 3 heteroatoms. The van der Waals surface area contributed by atoms with Crippen molar-refractivity contribution in [2.45, 2.75) is 33.7 Å². The number of halogens is 1. The van der Waals surface area contributed by atoms with Gasteiger partial charge in [0, 0.05) is 12.1 Å². The van der Waals surface area contributed by atoms with Gasteiger partial charge in [-0.15, -0.1) is 0 Å². The van der Waals surface area contributed by atoms with E-state index in [-0.39, 0.29) is 17.3 Å². The lowest BCUT2D eigenvalue weighted by Gasteiger charge is -2.26. The summed E-state index contributed by atoms with van der Waals surface area (Å²) in [6, 6.07) is 4.78. The maximum Gasteiger partial charge on any atom is 0.129 e. The van der Waals surface area contributed by atoms with Crippen LogP contribution in [0.2, 0.25) is 0 Å². The zero-order chi connectivity index (χ0) is 12.3. The van der Waals surface area contributed by atoms with E-state index in [4.69, 9.17) is 10.5 Å². The summed E-state index contributed by atoms with van der Waals surface area (Å²) >= 11 is 0. The van der Waals surface area contributed by atoms with E-state index < -0.39 is 0 Å². The quantitative estimate of drug-likeness (QED) is 0.858. The Labute approximate surface area is 96.6 Å². The Balaban J connectivity index is 2.58. The van der Waals surface area contributed by atoms with Crippen molar-refractivity contribution in [2.24, 2.45) is 11.1 Å². The van der Waals surface area contributed by atoms with Crippen LogP contribution in [0.3, 0.4) is 0 Å². The Morgan fingerprint density at radius 2 is 2.00 bits per heavy atom. The van der Waals surface area contributed by atoms with Crippen molar-refractivity contribution >= 4 is 0 Å². The summed E-state index contributed by atoms with van der Waals surface area (Å²) in [7, 11) is 0. The van der Waals surface area contributed by atoms with E-state index in [1.165, 1.54) is 6.07 Å². The number of benzene rings is 1. The van der Waals surface area contributed by atoms with Gasteiger partial charge < -0.3 is 10.5 Å². The Hall–Kier alpha value is -1.09. The summed E-state index contributed by atoms with van der Waals surface area (Å²) < 4.78 is 18.7. The fourth-order valence-electron chi connectivity index (χ4n) is 1.10. The molecule has 2 nitrogen and oxygen atoms in total. The van der Waals surface area contributed by atoms with Crippen LogP contribution in [0.25, 0.3) is 0 Å². The number of ether oxygens (including phenoxy) is 1. The fraction of sp³-hybridized carbons (Fsp3) is 0.538. The lowest BCUT2D eigenvalue weighted by molar-refractivity contribution is 0.205. The molecule has 0 aliphatic carbocycles. The molecule has 0 radical (unpaired) electrons. The first-order chi connectivity index (χ1) is 7.30. The zero-order valence-electron chi connectivity index (χ0n) is 10.4. The molecule has 0 fully saturated rings. The summed E-state index contributed by atoms with van der Waals surface area (Å²) in [6.45, 7) is 8.27. The second-order valence-electron chi connectivity index (χ2n) is 5.19. The third kappa shape index (κ3) is 3.49. The highest BCUT2D eigenvalue weighted by molar-refractivity contribution is 5.28. The Morgan fingerprint density at radius 3 is 2.50 bits per heavy atom. The smallest absolute Gasteiger partial charge is 0.129 e. The van der Waals surface area contributed by atoms with Crippen LogP contribution in [0.15, 0.2) is 18.2 Å². The molecular formula is C13H20FNO. The van der Waals surface area contributed by atoms with E-state index in [9.17, 15) is 4.39 Å². The van der Waals surface area contributed by atoms with Crippen LogP contribution in [0, 0.1) is 18.2 Å². The van der Waals surface area contributed by atoms with Gasteiger partial charge in [0.1, 0.15) is 18.2 Å². The molecule has 2 N–H and O–H groups in total. The number of rotatable bonds is 3. The number of nitrogens with two attached hydrogens (primary N) is 1.